The van der Waals surface area contributed by atoms with Crippen molar-refractivity contribution in [1.29, 1.82) is 0 Å². The van der Waals surface area contributed by atoms with Crippen LogP contribution in [0.15, 0.2) is 18.2 Å². The summed E-state index contributed by atoms with van der Waals surface area (Å²) in [5.74, 6) is -0.203. The predicted octanol–water partition coefficient (Wildman–Crippen LogP) is 2.38. The fraction of sp³-hybridized carbons (Fsp3) is 0.462. The van der Waals surface area contributed by atoms with Crippen LogP contribution in [0.3, 0.4) is 0 Å². The summed E-state index contributed by atoms with van der Waals surface area (Å²) in [4.78, 5) is 11.1. The van der Waals surface area contributed by atoms with Crippen molar-refractivity contribution in [2.75, 3.05) is 0 Å². The maximum absolute atomic E-state index is 11.1. The first-order valence-corrected chi connectivity index (χ1v) is 5.46. The van der Waals surface area contributed by atoms with Gasteiger partial charge >= 0.3 is 43.7 Å². The quantitative estimate of drug-likeness (QED) is 0.849. The third-order valence-electron chi connectivity index (χ3n) is 2.25. The van der Waals surface area contributed by atoms with E-state index in [0.717, 1.165) is 5.56 Å². The summed E-state index contributed by atoms with van der Waals surface area (Å²) in [6.07, 6.45) is -0.0296. The summed E-state index contributed by atoms with van der Waals surface area (Å²) >= 11 is 0. The number of hydrogen-bond acceptors (Lipinski definition) is 2. The SMILES string of the molecule is CC(C)Oc1c(C(=O)O)cccc1C(C)C.[CaH2]. The van der Waals surface area contributed by atoms with Gasteiger partial charge in [-0.05, 0) is 31.4 Å². The van der Waals surface area contributed by atoms with E-state index in [1.165, 1.54) is 0 Å². The molecule has 4 heteroatoms. The van der Waals surface area contributed by atoms with Crippen LogP contribution >= 0.6 is 0 Å². The van der Waals surface area contributed by atoms with Gasteiger partial charge in [0.2, 0.25) is 0 Å². The van der Waals surface area contributed by atoms with Crippen LogP contribution in [0.2, 0.25) is 0 Å². The number of aromatic carboxylic acids is 1. The standard InChI is InChI=1S/C13H18O3.Ca.2H/c1-8(2)10-6-5-7-11(13(14)15)12(10)16-9(3)4;;;/h5-9H,1-4H3,(H,14,15);;;. The Morgan fingerprint density at radius 2 is 1.82 bits per heavy atom. The van der Waals surface area contributed by atoms with Gasteiger partial charge in [-0.2, -0.15) is 0 Å². The zero-order valence-corrected chi connectivity index (χ0v) is 10.2. The molecule has 0 aromatic heterocycles. The molecular formula is C13H20CaO3. The van der Waals surface area contributed by atoms with Crippen LogP contribution < -0.4 is 4.74 Å². The molecule has 0 aliphatic rings. The summed E-state index contributed by atoms with van der Waals surface area (Å²) < 4.78 is 5.62. The van der Waals surface area contributed by atoms with E-state index in [1.807, 2.05) is 33.8 Å². The molecule has 0 saturated heterocycles. The van der Waals surface area contributed by atoms with Gasteiger partial charge in [-0.3, -0.25) is 0 Å². The number of carbonyl (C=O) groups is 1. The summed E-state index contributed by atoms with van der Waals surface area (Å²) in [5.41, 5.74) is 1.17. The number of rotatable bonds is 4. The van der Waals surface area contributed by atoms with Crippen molar-refractivity contribution in [3.05, 3.63) is 29.3 Å². The second kappa shape index (κ2) is 7.24. The Morgan fingerprint density at radius 1 is 1.24 bits per heavy atom. The normalized spacial score (nSPS) is 10.2. The van der Waals surface area contributed by atoms with Crippen molar-refractivity contribution < 1.29 is 14.6 Å². The minimum absolute atomic E-state index is 0. The van der Waals surface area contributed by atoms with Crippen LogP contribution in [0.4, 0.5) is 0 Å². The Balaban J connectivity index is 0.00000256. The fourth-order valence-electron chi connectivity index (χ4n) is 1.55. The molecule has 0 saturated carbocycles. The summed E-state index contributed by atoms with van der Waals surface area (Å²) in [7, 11) is 0. The molecule has 0 heterocycles. The van der Waals surface area contributed by atoms with Crippen LogP contribution in [-0.2, 0) is 0 Å². The first-order chi connectivity index (χ1) is 7.43. The molecule has 1 N–H and O–H groups in total. The Labute approximate surface area is 132 Å². The predicted molar refractivity (Wildman–Crippen MR) is 71.8 cm³/mol. The number of para-hydroxylation sites is 1. The van der Waals surface area contributed by atoms with Crippen molar-refractivity contribution in [2.45, 2.75) is 39.7 Å². The van der Waals surface area contributed by atoms with E-state index in [4.69, 9.17) is 9.84 Å². The van der Waals surface area contributed by atoms with E-state index in [1.54, 1.807) is 12.1 Å². The van der Waals surface area contributed by atoms with E-state index in [0.29, 0.717) is 5.75 Å². The molecule has 1 aromatic carbocycles. The average Bonchev–Trinajstić information content (AvgIpc) is 2.16. The van der Waals surface area contributed by atoms with Crippen molar-refractivity contribution in [3.63, 3.8) is 0 Å². The maximum atomic E-state index is 11.1. The van der Waals surface area contributed by atoms with E-state index in [2.05, 4.69) is 0 Å². The van der Waals surface area contributed by atoms with Gasteiger partial charge < -0.3 is 9.84 Å². The van der Waals surface area contributed by atoms with Crippen LogP contribution in [0, 0.1) is 0 Å². The Bertz CT molecular complexity index is 386. The van der Waals surface area contributed by atoms with Crippen LogP contribution in [0.5, 0.6) is 5.75 Å². The summed E-state index contributed by atoms with van der Waals surface area (Å²) in [5, 5.41) is 9.10. The number of benzene rings is 1. The van der Waals surface area contributed by atoms with Gasteiger partial charge in [-0.15, -0.1) is 0 Å². The Morgan fingerprint density at radius 3 is 2.24 bits per heavy atom. The summed E-state index contributed by atoms with van der Waals surface area (Å²) in [6, 6.07) is 5.24. The molecule has 1 aromatic rings. The topological polar surface area (TPSA) is 46.5 Å². The van der Waals surface area contributed by atoms with Crippen molar-refractivity contribution in [1.82, 2.24) is 0 Å². The van der Waals surface area contributed by atoms with Gasteiger partial charge in [-0.25, -0.2) is 4.79 Å². The van der Waals surface area contributed by atoms with Gasteiger partial charge in [0.25, 0.3) is 0 Å². The molecule has 92 valence electrons. The second-order valence-corrected chi connectivity index (χ2v) is 4.35. The van der Waals surface area contributed by atoms with Gasteiger partial charge in [0.05, 0.1) is 6.10 Å². The van der Waals surface area contributed by atoms with Crippen LogP contribution in [-0.4, -0.2) is 54.9 Å². The molecule has 0 radical (unpaired) electrons. The van der Waals surface area contributed by atoms with Gasteiger partial charge in [-0.1, -0.05) is 26.0 Å². The molecule has 3 nitrogen and oxygen atoms in total. The average molecular weight is 264 g/mol. The molecule has 0 atom stereocenters. The van der Waals surface area contributed by atoms with Crippen molar-refractivity contribution >= 4 is 43.7 Å². The fourth-order valence-corrected chi connectivity index (χ4v) is 1.55. The molecule has 0 unspecified atom stereocenters. The molecule has 0 spiro atoms. The molecular weight excluding hydrogens is 244 g/mol. The van der Waals surface area contributed by atoms with E-state index in [-0.39, 0.29) is 55.3 Å². The van der Waals surface area contributed by atoms with E-state index >= 15 is 0 Å². The van der Waals surface area contributed by atoms with Crippen molar-refractivity contribution in [2.24, 2.45) is 0 Å². The first-order valence-electron chi connectivity index (χ1n) is 5.46. The third kappa shape index (κ3) is 4.49. The second-order valence-electron chi connectivity index (χ2n) is 4.35. The van der Waals surface area contributed by atoms with E-state index < -0.39 is 5.97 Å². The molecule has 0 aliphatic carbocycles. The zero-order valence-electron chi connectivity index (χ0n) is 10.2. The number of hydrogen-bond donors (Lipinski definition) is 1. The first kappa shape index (κ1) is 16.7. The molecule has 0 fully saturated rings. The third-order valence-corrected chi connectivity index (χ3v) is 2.25. The van der Waals surface area contributed by atoms with E-state index in [9.17, 15) is 4.79 Å². The van der Waals surface area contributed by atoms with Gasteiger partial charge in [0.15, 0.2) is 0 Å². The summed E-state index contributed by atoms with van der Waals surface area (Å²) in [6.45, 7) is 7.83. The van der Waals surface area contributed by atoms with Crippen LogP contribution in [0.1, 0.15) is 49.5 Å². The van der Waals surface area contributed by atoms with Gasteiger partial charge in [0.1, 0.15) is 11.3 Å². The molecule has 0 aliphatic heterocycles. The zero-order chi connectivity index (χ0) is 12.3. The minimum atomic E-state index is -0.946. The van der Waals surface area contributed by atoms with Crippen molar-refractivity contribution in [3.8, 4) is 5.75 Å². The molecule has 0 amide bonds. The molecule has 0 bridgehead atoms. The number of carboxylic acid groups (broad SMARTS) is 1. The van der Waals surface area contributed by atoms with Gasteiger partial charge in [0, 0.05) is 0 Å². The Kier molecular flexibility index (Phi) is 7.14. The molecule has 17 heavy (non-hydrogen) atoms. The van der Waals surface area contributed by atoms with Crippen LogP contribution in [0.25, 0.3) is 0 Å². The Hall–Kier alpha value is -0.250. The molecule has 1 rings (SSSR count). The number of carboxylic acids is 1. The number of ether oxygens (including phenoxy) is 1. The monoisotopic (exact) mass is 264 g/mol.